The molecular formula is C21H26N4O2. The lowest BCUT2D eigenvalue weighted by Crippen LogP contribution is -2.48. The van der Waals surface area contributed by atoms with Gasteiger partial charge in [0.15, 0.2) is 0 Å². The number of aromatic nitrogens is 2. The van der Waals surface area contributed by atoms with Crippen molar-refractivity contribution in [1.29, 1.82) is 0 Å². The number of aromatic amines is 1. The Bertz CT molecular complexity index is 767. The molecule has 1 unspecified atom stereocenters. The van der Waals surface area contributed by atoms with E-state index in [4.69, 9.17) is 0 Å². The molecule has 6 heteroatoms. The fourth-order valence-corrected chi connectivity index (χ4v) is 4.29. The van der Waals surface area contributed by atoms with Gasteiger partial charge in [-0.25, -0.2) is 4.98 Å². The predicted molar refractivity (Wildman–Crippen MR) is 102 cm³/mol. The third kappa shape index (κ3) is 3.89. The Morgan fingerprint density at radius 2 is 1.78 bits per heavy atom. The number of carbonyl (C=O) groups excluding carboxylic acids is 2. The first-order valence-corrected chi connectivity index (χ1v) is 9.84. The highest BCUT2D eigenvalue weighted by molar-refractivity contribution is 5.94. The summed E-state index contributed by atoms with van der Waals surface area (Å²) in [5.74, 6) is 0.629. The first kappa shape index (κ1) is 17.8. The van der Waals surface area contributed by atoms with E-state index in [9.17, 15) is 9.59 Å². The normalized spacial score (nSPS) is 21.3. The van der Waals surface area contributed by atoms with Gasteiger partial charge in [0.25, 0.3) is 5.91 Å². The van der Waals surface area contributed by atoms with Gasteiger partial charge in [-0.1, -0.05) is 18.2 Å². The first-order chi connectivity index (χ1) is 13.2. The molecule has 2 fully saturated rings. The molecule has 2 aliphatic rings. The number of carbonyl (C=O) groups is 2. The Labute approximate surface area is 159 Å². The molecule has 2 aliphatic heterocycles. The van der Waals surface area contributed by atoms with Crippen molar-refractivity contribution in [2.24, 2.45) is 5.92 Å². The summed E-state index contributed by atoms with van der Waals surface area (Å²) in [7, 11) is 0. The number of nitrogens with one attached hydrogen (secondary N) is 1. The third-order valence-electron chi connectivity index (χ3n) is 5.84. The fourth-order valence-electron chi connectivity index (χ4n) is 4.29. The molecule has 0 saturated carbocycles. The number of hydrogen-bond acceptors (Lipinski definition) is 3. The lowest BCUT2D eigenvalue weighted by Gasteiger charge is -2.37. The number of rotatable bonds is 3. The van der Waals surface area contributed by atoms with Gasteiger partial charge < -0.3 is 14.8 Å². The average molecular weight is 366 g/mol. The molecular weight excluding hydrogens is 340 g/mol. The zero-order valence-corrected chi connectivity index (χ0v) is 15.5. The van der Waals surface area contributed by atoms with Crippen molar-refractivity contribution < 1.29 is 9.59 Å². The lowest BCUT2D eigenvalue weighted by atomic mass is 9.91. The second kappa shape index (κ2) is 7.94. The van der Waals surface area contributed by atoms with Crippen LogP contribution in [0.25, 0.3) is 0 Å². The Balaban J connectivity index is 1.34. The zero-order valence-electron chi connectivity index (χ0n) is 15.5. The van der Waals surface area contributed by atoms with Gasteiger partial charge in [-0.2, -0.15) is 0 Å². The highest BCUT2D eigenvalue weighted by Gasteiger charge is 2.33. The van der Waals surface area contributed by atoms with E-state index in [1.807, 2.05) is 46.3 Å². The Morgan fingerprint density at radius 1 is 1.00 bits per heavy atom. The van der Waals surface area contributed by atoms with E-state index in [2.05, 4.69) is 9.97 Å². The van der Waals surface area contributed by atoms with Gasteiger partial charge in [-0.05, 0) is 37.8 Å². The lowest BCUT2D eigenvalue weighted by molar-refractivity contribution is -0.138. The van der Waals surface area contributed by atoms with Gasteiger partial charge in [0.05, 0.1) is 12.2 Å². The van der Waals surface area contributed by atoms with Crippen molar-refractivity contribution in [2.75, 3.05) is 26.2 Å². The van der Waals surface area contributed by atoms with Crippen LogP contribution in [-0.2, 0) is 4.79 Å². The SMILES string of the molecule is O=C(c1ccccc1)N1CCCC(C(=O)N2CCC(c3cnc[nH]3)CC2)C1. The monoisotopic (exact) mass is 366 g/mol. The topological polar surface area (TPSA) is 69.3 Å². The van der Waals surface area contributed by atoms with E-state index in [1.165, 1.54) is 5.69 Å². The van der Waals surface area contributed by atoms with Crippen LogP contribution in [0.1, 0.15) is 47.7 Å². The smallest absolute Gasteiger partial charge is 0.253 e. The molecule has 0 aliphatic carbocycles. The van der Waals surface area contributed by atoms with Crippen LogP contribution in [0.4, 0.5) is 0 Å². The number of nitrogens with zero attached hydrogens (tertiary/aromatic N) is 3. The summed E-state index contributed by atoms with van der Waals surface area (Å²) in [4.78, 5) is 36.9. The maximum Gasteiger partial charge on any atom is 0.253 e. The van der Waals surface area contributed by atoms with Crippen LogP contribution in [0, 0.1) is 5.92 Å². The van der Waals surface area contributed by atoms with Crippen LogP contribution >= 0.6 is 0 Å². The van der Waals surface area contributed by atoms with Gasteiger partial charge in [0.2, 0.25) is 5.91 Å². The fraction of sp³-hybridized carbons (Fsp3) is 0.476. The molecule has 4 rings (SSSR count). The van der Waals surface area contributed by atoms with Crippen molar-refractivity contribution in [3.8, 4) is 0 Å². The molecule has 0 bridgehead atoms. The average Bonchev–Trinajstić information content (AvgIpc) is 3.28. The highest BCUT2D eigenvalue weighted by atomic mass is 16.2. The minimum Gasteiger partial charge on any atom is -0.348 e. The van der Waals surface area contributed by atoms with Gasteiger partial charge in [0.1, 0.15) is 0 Å². The number of H-pyrrole nitrogens is 1. The van der Waals surface area contributed by atoms with E-state index in [0.29, 0.717) is 18.0 Å². The summed E-state index contributed by atoms with van der Waals surface area (Å²) in [6.45, 7) is 2.84. The summed E-state index contributed by atoms with van der Waals surface area (Å²) in [6.07, 6.45) is 7.29. The minimum atomic E-state index is -0.0740. The van der Waals surface area contributed by atoms with E-state index in [-0.39, 0.29) is 17.7 Å². The molecule has 1 aromatic carbocycles. The largest absolute Gasteiger partial charge is 0.348 e. The van der Waals surface area contributed by atoms with Gasteiger partial charge in [0, 0.05) is 49.6 Å². The Hall–Kier alpha value is -2.63. The summed E-state index contributed by atoms with van der Waals surface area (Å²) < 4.78 is 0. The van der Waals surface area contributed by atoms with E-state index < -0.39 is 0 Å². The number of piperidine rings is 2. The molecule has 2 aromatic rings. The van der Waals surface area contributed by atoms with E-state index >= 15 is 0 Å². The molecule has 27 heavy (non-hydrogen) atoms. The molecule has 0 spiro atoms. The van der Waals surface area contributed by atoms with Crippen LogP contribution in [0.15, 0.2) is 42.9 Å². The van der Waals surface area contributed by atoms with Crippen LogP contribution in [0.5, 0.6) is 0 Å². The second-order valence-corrected chi connectivity index (χ2v) is 7.56. The van der Waals surface area contributed by atoms with Crippen LogP contribution in [0.3, 0.4) is 0 Å². The number of likely N-dealkylation sites (tertiary alicyclic amines) is 2. The Morgan fingerprint density at radius 3 is 2.48 bits per heavy atom. The Kier molecular flexibility index (Phi) is 5.23. The van der Waals surface area contributed by atoms with Gasteiger partial charge >= 0.3 is 0 Å². The molecule has 142 valence electrons. The molecule has 1 aromatic heterocycles. The maximum absolute atomic E-state index is 13.0. The maximum atomic E-state index is 13.0. The number of amides is 2. The molecule has 2 amide bonds. The van der Waals surface area contributed by atoms with Gasteiger partial charge in [-0.15, -0.1) is 0 Å². The van der Waals surface area contributed by atoms with E-state index in [0.717, 1.165) is 45.3 Å². The molecule has 3 heterocycles. The summed E-state index contributed by atoms with van der Waals surface area (Å²) in [6, 6.07) is 9.35. The van der Waals surface area contributed by atoms with Crippen molar-refractivity contribution >= 4 is 11.8 Å². The first-order valence-electron chi connectivity index (χ1n) is 9.84. The molecule has 1 N–H and O–H groups in total. The van der Waals surface area contributed by atoms with E-state index in [1.54, 1.807) is 6.33 Å². The summed E-state index contributed by atoms with van der Waals surface area (Å²) in [5, 5.41) is 0. The summed E-state index contributed by atoms with van der Waals surface area (Å²) in [5.41, 5.74) is 1.87. The van der Waals surface area contributed by atoms with Crippen molar-refractivity contribution in [1.82, 2.24) is 19.8 Å². The molecule has 2 saturated heterocycles. The van der Waals surface area contributed by atoms with Crippen LogP contribution in [-0.4, -0.2) is 57.8 Å². The quantitative estimate of drug-likeness (QED) is 0.908. The third-order valence-corrected chi connectivity index (χ3v) is 5.84. The van der Waals surface area contributed by atoms with Crippen LogP contribution < -0.4 is 0 Å². The highest BCUT2D eigenvalue weighted by Crippen LogP contribution is 2.28. The molecule has 0 radical (unpaired) electrons. The predicted octanol–water partition coefficient (Wildman–Crippen LogP) is 2.67. The second-order valence-electron chi connectivity index (χ2n) is 7.56. The molecule has 1 atom stereocenters. The van der Waals surface area contributed by atoms with Gasteiger partial charge in [-0.3, -0.25) is 9.59 Å². The van der Waals surface area contributed by atoms with Crippen molar-refractivity contribution in [3.63, 3.8) is 0 Å². The van der Waals surface area contributed by atoms with Crippen molar-refractivity contribution in [2.45, 2.75) is 31.6 Å². The van der Waals surface area contributed by atoms with Crippen LogP contribution in [0.2, 0.25) is 0 Å². The minimum absolute atomic E-state index is 0.0334. The number of benzene rings is 1. The number of hydrogen-bond donors (Lipinski definition) is 1. The zero-order chi connectivity index (χ0) is 18.6. The standard InChI is InChI=1S/C21H26N4O2/c26-20(17-5-2-1-3-6-17)25-10-4-7-18(14-25)21(27)24-11-8-16(9-12-24)19-13-22-15-23-19/h1-3,5-6,13,15-16,18H,4,7-12,14H2,(H,22,23). The summed E-state index contributed by atoms with van der Waals surface area (Å²) >= 11 is 0. The molecule has 6 nitrogen and oxygen atoms in total. The number of imidazole rings is 1. The van der Waals surface area contributed by atoms with Crippen molar-refractivity contribution in [3.05, 3.63) is 54.1 Å².